The molecular weight excluding hydrogens is 435 g/mol. The highest BCUT2D eigenvalue weighted by molar-refractivity contribution is 14.1. The predicted molar refractivity (Wildman–Crippen MR) is 104 cm³/mol. The largest absolute Gasteiger partial charge is 0.484 e. The van der Waals surface area contributed by atoms with E-state index in [1.807, 2.05) is 52.0 Å². The first kappa shape index (κ1) is 19.8. The van der Waals surface area contributed by atoms with E-state index in [4.69, 9.17) is 9.47 Å². The summed E-state index contributed by atoms with van der Waals surface area (Å²) >= 11 is 2.22. The molecule has 6 nitrogen and oxygen atoms in total. The Labute approximate surface area is 162 Å². The normalized spacial score (nSPS) is 18.0. The van der Waals surface area contributed by atoms with E-state index in [0.717, 1.165) is 3.57 Å². The topological polar surface area (TPSA) is 59.1 Å². The zero-order chi connectivity index (χ0) is 18.6. The van der Waals surface area contributed by atoms with Gasteiger partial charge in [0.25, 0.3) is 5.91 Å². The number of hydrogen-bond donors (Lipinski definition) is 0. The second-order valence-electron chi connectivity index (χ2n) is 7.11. The van der Waals surface area contributed by atoms with Crippen LogP contribution < -0.4 is 4.74 Å². The minimum atomic E-state index is -0.519. The van der Waals surface area contributed by atoms with Gasteiger partial charge in [0.05, 0.1) is 0 Å². The van der Waals surface area contributed by atoms with Crippen LogP contribution in [-0.4, -0.2) is 59.7 Å². The SMILES string of the molecule is CC1CN(C(=O)OC(C)(C)C)CCN1C(=O)COc1ccc(I)cc1. The van der Waals surface area contributed by atoms with Crippen LogP contribution >= 0.6 is 22.6 Å². The van der Waals surface area contributed by atoms with Crippen molar-refractivity contribution in [1.29, 1.82) is 0 Å². The number of carbonyl (C=O) groups excluding carboxylic acids is 2. The van der Waals surface area contributed by atoms with Crippen LogP contribution in [0.2, 0.25) is 0 Å². The number of halogens is 1. The van der Waals surface area contributed by atoms with E-state index in [-0.39, 0.29) is 24.6 Å². The molecule has 1 aromatic rings. The van der Waals surface area contributed by atoms with Gasteiger partial charge in [0.1, 0.15) is 11.4 Å². The quantitative estimate of drug-likeness (QED) is 0.651. The summed E-state index contributed by atoms with van der Waals surface area (Å²) in [6.45, 7) is 8.87. The molecule has 1 aliphatic heterocycles. The minimum absolute atomic E-state index is 0.00261. The lowest BCUT2D eigenvalue weighted by molar-refractivity contribution is -0.137. The van der Waals surface area contributed by atoms with E-state index < -0.39 is 5.60 Å². The minimum Gasteiger partial charge on any atom is -0.484 e. The zero-order valence-electron chi connectivity index (χ0n) is 15.1. The highest BCUT2D eigenvalue weighted by atomic mass is 127. The van der Waals surface area contributed by atoms with Gasteiger partial charge in [0.15, 0.2) is 6.61 Å². The molecule has 25 heavy (non-hydrogen) atoms. The fraction of sp³-hybridized carbons (Fsp3) is 0.556. The molecule has 0 aliphatic carbocycles. The van der Waals surface area contributed by atoms with E-state index in [2.05, 4.69) is 22.6 Å². The highest BCUT2D eigenvalue weighted by Gasteiger charge is 2.32. The molecule has 2 rings (SSSR count). The molecule has 1 unspecified atom stereocenters. The molecule has 1 aromatic carbocycles. The molecule has 1 fully saturated rings. The highest BCUT2D eigenvalue weighted by Crippen LogP contribution is 2.16. The van der Waals surface area contributed by atoms with Crippen LogP contribution in [0.25, 0.3) is 0 Å². The smallest absolute Gasteiger partial charge is 0.410 e. The zero-order valence-corrected chi connectivity index (χ0v) is 17.3. The van der Waals surface area contributed by atoms with Crippen molar-refractivity contribution in [3.05, 3.63) is 27.8 Å². The van der Waals surface area contributed by atoms with Crippen LogP contribution in [0.15, 0.2) is 24.3 Å². The van der Waals surface area contributed by atoms with Crippen LogP contribution in [0.4, 0.5) is 4.79 Å². The molecule has 1 atom stereocenters. The Hall–Kier alpha value is -1.51. The summed E-state index contributed by atoms with van der Waals surface area (Å²) < 4.78 is 12.1. The fourth-order valence-corrected chi connectivity index (χ4v) is 2.94. The van der Waals surface area contributed by atoms with Gasteiger partial charge in [-0.15, -0.1) is 0 Å². The van der Waals surface area contributed by atoms with Crippen molar-refractivity contribution in [2.75, 3.05) is 26.2 Å². The second kappa shape index (κ2) is 8.25. The fourth-order valence-electron chi connectivity index (χ4n) is 2.58. The molecular formula is C18H25IN2O4. The molecule has 0 spiro atoms. The third kappa shape index (κ3) is 6.05. The maximum absolute atomic E-state index is 12.4. The molecule has 0 radical (unpaired) electrons. The van der Waals surface area contributed by atoms with Crippen LogP contribution in [0, 0.1) is 3.57 Å². The molecule has 0 saturated carbocycles. The van der Waals surface area contributed by atoms with Gasteiger partial charge in [-0.2, -0.15) is 0 Å². The molecule has 7 heteroatoms. The Morgan fingerprint density at radius 1 is 1.20 bits per heavy atom. The van der Waals surface area contributed by atoms with Gasteiger partial charge in [-0.1, -0.05) is 0 Å². The molecule has 0 N–H and O–H groups in total. The summed E-state index contributed by atoms with van der Waals surface area (Å²) in [5.74, 6) is 0.601. The van der Waals surface area contributed by atoms with Gasteiger partial charge in [0, 0.05) is 29.2 Å². The number of benzene rings is 1. The first-order valence-corrected chi connectivity index (χ1v) is 9.39. The lowest BCUT2D eigenvalue weighted by atomic mass is 10.2. The van der Waals surface area contributed by atoms with E-state index in [1.165, 1.54) is 0 Å². The van der Waals surface area contributed by atoms with Crippen molar-refractivity contribution in [1.82, 2.24) is 9.80 Å². The predicted octanol–water partition coefficient (Wildman–Crippen LogP) is 3.14. The molecule has 1 heterocycles. The monoisotopic (exact) mass is 460 g/mol. The van der Waals surface area contributed by atoms with Crippen LogP contribution in [0.1, 0.15) is 27.7 Å². The Morgan fingerprint density at radius 3 is 2.40 bits per heavy atom. The Bertz CT molecular complexity index is 612. The standard InChI is InChI=1S/C18H25IN2O4/c1-13-11-20(17(23)25-18(2,3)4)9-10-21(13)16(22)12-24-15-7-5-14(19)6-8-15/h5-8,13H,9-12H2,1-4H3. The van der Waals surface area contributed by atoms with Gasteiger partial charge < -0.3 is 19.3 Å². The summed E-state index contributed by atoms with van der Waals surface area (Å²) in [5, 5.41) is 0. The summed E-state index contributed by atoms with van der Waals surface area (Å²) in [4.78, 5) is 28.0. The number of piperazine rings is 1. The summed E-state index contributed by atoms with van der Waals surface area (Å²) in [5.41, 5.74) is -0.519. The van der Waals surface area contributed by atoms with E-state index in [1.54, 1.807) is 9.80 Å². The third-order valence-electron chi connectivity index (χ3n) is 3.78. The van der Waals surface area contributed by atoms with Gasteiger partial charge in [-0.05, 0) is 74.6 Å². The summed E-state index contributed by atoms with van der Waals surface area (Å²) in [6.07, 6.45) is -0.332. The number of nitrogens with zero attached hydrogens (tertiary/aromatic N) is 2. The van der Waals surface area contributed by atoms with Gasteiger partial charge in [0.2, 0.25) is 0 Å². The maximum atomic E-state index is 12.4. The van der Waals surface area contributed by atoms with Crippen molar-refractivity contribution < 1.29 is 19.1 Å². The lowest BCUT2D eigenvalue weighted by Crippen LogP contribution is -2.56. The van der Waals surface area contributed by atoms with Crippen LogP contribution in [0.5, 0.6) is 5.75 Å². The Kier molecular flexibility index (Phi) is 6.53. The molecule has 1 aliphatic rings. The van der Waals surface area contributed by atoms with Crippen molar-refractivity contribution in [3.8, 4) is 5.75 Å². The van der Waals surface area contributed by atoms with Crippen molar-refractivity contribution in [2.24, 2.45) is 0 Å². The second-order valence-corrected chi connectivity index (χ2v) is 8.35. The number of amides is 2. The first-order chi connectivity index (χ1) is 11.7. The maximum Gasteiger partial charge on any atom is 0.410 e. The van der Waals surface area contributed by atoms with Crippen LogP contribution in [-0.2, 0) is 9.53 Å². The molecule has 0 bridgehead atoms. The number of rotatable bonds is 3. The number of hydrogen-bond acceptors (Lipinski definition) is 4. The lowest BCUT2D eigenvalue weighted by Gasteiger charge is -2.40. The van der Waals surface area contributed by atoms with Gasteiger partial charge >= 0.3 is 6.09 Å². The molecule has 0 aromatic heterocycles. The molecule has 1 saturated heterocycles. The van der Waals surface area contributed by atoms with E-state index in [9.17, 15) is 9.59 Å². The van der Waals surface area contributed by atoms with E-state index >= 15 is 0 Å². The number of carbonyl (C=O) groups is 2. The first-order valence-electron chi connectivity index (χ1n) is 8.31. The average molecular weight is 460 g/mol. The summed E-state index contributed by atoms with van der Waals surface area (Å²) in [6, 6.07) is 7.48. The van der Waals surface area contributed by atoms with Crippen molar-refractivity contribution >= 4 is 34.6 Å². The molecule has 138 valence electrons. The average Bonchev–Trinajstić information content (AvgIpc) is 2.52. The van der Waals surface area contributed by atoms with Gasteiger partial charge in [-0.3, -0.25) is 4.79 Å². The number of ether oxygens (including phenoxy) is 2. The van der Waals surface area contributed by atoms with Crippen molar-refractivity contribution in [3.63, 3.8) is 0 Å². The molecule has 2 amide bonds. The van der Waals surface area contributed by atoms with Gasteiger partial charge in [-0.25, -0.2) is 4.79 Å². The third-order valence-corrected chi connectivity index (χ3v) is 4.49. The Morgan fingerprint density at radius 2 is 1.84 bits per heavy atom. The van der Waals surface area contributed by atoms with Crippen LogP contribution in [0.3, 0.4) is 0 Å². The van der Waals surface area contributed by atoms with E-state index in [0.29, 0.717) is 25.4 Å². The Balaban J connectivity index is 1.84. The van der Waals surface area contributed by atoms with Crippen molar-refractivity contribution in [2.45, 2.75) is 39.3 Å². The summed E-state index contributed by atoms with van der Waals surface area (Å²) in [7, 11) is 0.